The highest BCUT2D eigenvalue weighted by atomic mass is 32.1. The van der Waals surface area contributed by atoms with E-state index in [4.69, 9.17) is 14.6 Å². The second kappa shape index (κ2) is 7.84. The third-order valence-electron chi connectivity index (χ3n) is 2.56. The number of carbonyl (C=O) groups excluding carboxylic acids is 1. The molecular weight excluding hydrogens is 320 g/mol. The highest BCUT2D eigenvalue weighted by molar-refractivity contribution is 7.13. The van der Waals surface area contributed by atoms with E-state index in [0.717, 1.165) is 0 Å². The third kappa shape index (κ3) is 5.15. The number of ether oxygens (including phenoxy) is 2. The van der Waals surface area contributed by atoms with Gasteiger partial charge < -0.3 is 14.6 Å². The smallest absolute Gasteiger partial charge is 0.257 e. The number of pyridine rings is 1. The summed E-state index contributed by atoms with van der Waals surface area (Å²) in [7, 11) is 0. The molecule has 0 bridgehead atoms. The van der Waals surface area contributed by atoms with Crippen molar-refractivity contribution in [3.8, 4) is 11.8 Å². The number of hydrogen-bond donors (Lipinski definition) is 2. The lowest BCUT2D eigenvalue weighted by molar-refractivity contribution is 0.102. The standard InChI is InChI=1S/C14H18N4O4S/c1-8(2)21-11-4-10(5-12(16-11)22-9(3)6-19)13(20)17-14-18-15-7-23-14/h4-5,7-9,19H,6H2,1-3H3,(H,17,18,20)/t9-/m0/s1. The Labute approximate surface area is 137 Å². The minimum atomic E-state index is -0.448. The van der Waals surface area contributed by atoms with Gasteiger partial charge in [-0.1, -0.05) is 11.3 Å². The molecule has 0 saturated heterocycles. The largest absolute Gasteiger partial charge is 0.475 e. The number of hydrogen-bond acceptors (Lipinski definition) is 8. The Bertz CT molecular complexity index is 648. The van der Waals surface area contributed by atoms with Crippen molar-refractivity contribution < 1.29 is 19.4 Å². The minimum Gasteiger partial charge on any atom is -0.475 e. The summed E-state index contributed by atoms with van der Waals surface area (Å²) in [5.41, 5.74) is 1.83. The van der Waals surface area contributed by atoms with Gasteiger partial charge in [-0.25, -0.2) is 0 Å². The zero-order valence-corrected chi connectivity index (χ0v) is 13.8. The van der Waals surface area contributed by atoms with Gasteiger partial charge in [0.15, 0.2) is 0 Å². The number of nitrogens with one attached hydrogen (secondary N) is 1. The summed E-state index contributed by atoms with van der Waals surface area (Å²) in [6, 6.07) is 3.00. The van der Waals surface area contributed by atoms with Crippen LogP contribution in [0.4, 0.5) is 5.13 Å². The van der Waals surface area contributed by atoms with Crippen LogP contribution in [0, 0.1) is 0 Å². The Morgan fingerprint density at radius 3 is 2.57 bits per heavy atom. The van der Waals surface area contributed by atoms with Crippen LogP contribution in [0.25, 0.3) is 0 Å². The first-order valence-electron chi connectivity index (χ1n) is 7.01. The fourth-order valence-electron chi connectivity index (χ4n) is 1.61. The molecule has 1 amide bonds. The zero-order chi connectivity index (χ0) is 16.8. The number of aromatic nitrogens is 3. The summed E-state index contributed by atoms with van der Waals surface area (Å²) in [4.78, 5) is 16.5. The average Bonchev–Trinajstić information content (AvgIpc) is 2.99. The number of carbonyl (C=O) groups is 1. The number of amides is 1. The molecule has 1 atom stereocenters. The fourth-order valence-corrected chi connectivity index (χ4v) is 2.05. The number of nitrogens with zero attached hydrogens (tertiary/aromatic N) is 3. The Morgan fingerprint density at radius 2 is 2.00 bits per heavy atom. The van der Waals surface area contributed by atoms with E-state index in [0.29, 0.717) is 10.7 Å². The first kappa shape index (κ1) is 17.1. The van der Waals surface area contributed by atoms with Crippen molar-refractivity contribution in [2.24, 2.45) is 0 Å². The second-order valence-corrected chi connectivity index (χ2v) is 5.84. The Morgan fingerprint density at radius 1 is 1.30 bits per heavy atom. The highest BCUT2D eigenvalue weighted by Crippen LogP contribution is 2.21. The van der Waals surface area contributed by atoms with Crippen LogP contribution in [0.15, 0.2) is 17.6 Å². The molecule has 2 rings (SSSR count). The van der Waals surface area contributed by atoms with Gasteiger partial charge in [0.1, 0.15) is 11.6 Å². The highest BCUT2D eigenvalue weighted by Gasteiger charge is 2.15. The number of aliphatic hydroxyl groups is 1. The van der Waals surface area contributed by atoms with Crippen molar-refractivity contribution in [2.45, 2.75) is 33.0 Å². The van der Waals surface area contributed by atoms with E-state index in [1.807, 2.05) is 13.8 Å². The second-order valence-electron chi connectivity index (χ2n) is 5.01. The molecule has 0 radical (unpaired) electrons. The summed E-state index contributed by atoms with van der Waals surface area (Å²) >= 11 is 1.21. The monoisotopic (exact) mass is 338 g/mol. The van der Waals surface area contributed by atoms with E-state index in [2.05, 4.69) is 20.5 Å². The van der Waals surface area contributed by atoms with E-state index in [1.54, 1.807) is 6.92 Å². The fraction of sp³-hybridized carbons (Fsp3) is 0.429. The van der Waals surface area contributed by atoms with Gasteiger partial charge in [0, 0.05) is 12.1 Å². The van der Waals surface area contributed by atoms with Crippen LogP contribution >= 0.6 is 11.3 Å². The summed E-state index contributed by atoms with van der Waals surface area (Å²) in [5, 5.41) is 19.5. The van der Waals surface area contributed by atoms with Gasteiger partial charge in [-0.05, 0) is 20.8 Å². The van der Waals surface area contributed by atoms with E-state index < -0.39 is 6.10 Å². The van der Waals surface area contributed by atoms with Gasteiger partial charge in [0.25, 0.3) is 5.91 Å². The van der Waals surface area contributed by atoms with Crippen LogP contribution < -0.4 is 14.8 Å². The van der Waals surface area contributed by atoms with E-state index in [9.17, 15) is 4.79 Å². The zero-order valence-electron chi connectivity index (χ0n) is 13.0. The first-order chi connectivity index (χ1) is 11.0. The molecule has 0 aromatic carbocycles. The van der Waals surface area contributed by atoms with Crippen LogP contribution in [-0.4, -0.2) is 45.0 Å². The van der Waals surface area contributed by atoms with Crippen LogP contribution in [0.1, 0.15) is 31.1 Å². The SMILES string of the molecule is CC(C)Oc1cc(C(=O)Nc2nncs2)cc(O[C@@H](C)CO)n1. The van der Waals surface area contributed by atoms with Gasteiger partial charge in [-0.15, -0.1) is 10.2 Å². The molecule has 0 fully saturated rings. The number of anilines is 1. The Hall–Kier alpha value is -2.26. The van der Waals surface area contributed by atoms with Gasteiger partial charge in [0.05, 0.1) is 18.3 Å². The molecule has 23 heavy (non-hydrogen) atoms. The molecular formula is C14H18N4O4S. The van der Waals surface area contributed by atoms with Crippen molar-refractivity contribution in [2.75, 3.05) is 11.9 Å². The maximum atomic E-state index is 12.3. The van der Waals surface area contributed by atoms with Crippen molar-refractivity contribution in [1.82, 2.24) is 15.2 Å². The Balaban J connectivity index is 2.25. The van der Waals surface area contributed by atoms with Gasteiger partial charge in [-0.3, -0.25) is 10.1 Å². The predicted octanol–water partition coefficient (Wildman–Crippen LogP) is 1.73. The van der Waals surface area contributed by atoms with Crippen LogP contribution in [-0.2, 0) is 0 Å². The molecule has 0 aliphatic rings. The maximum Gasteiger partial charge on any atom is 0.257 e. The van der Waals surface area contributed by atoms with Gasteiger partial charge >= 0.3 is 0 Å². The maximum absolute atomic E-state index is 12.3. The summed E-state index contributed by atoms with van der Waals surface area (Å²) in [5.74, 6) is 0.0939. The summed E-state index contributed by atoms with van der Waals surface area (Å²) in [6.45, 7) is 5.24. The first-order valence-corrected chi connectivity index (χ1v) is 7.89. The molecule has 2 N–H and O–H groups in total. The molecule has 0 saturated carbocycles. The lowest BCUT2D eigenvalue weighted by Gasteiger charge is -2.15. The van der Waals surface area contributed by atoms with Crippen molar-refractivity contribution in [3.05, 3.63) is 23.2 Å². The minimum absolute atomic E-state index is 0.105. The summed E-state index contributed by atoms with van der Waals surface area (Å²) < 4.78 is 11.0. The van der Waals surface area contributed by atoms with Crippen LogP contribution in [0.3, 0.4) is 0 Å². The lowest BCUT2D eigenvalue weighted by atomic mass is 10.2. The van der Waals surface area contributed by atoms with E-state index in [-0.39, 0.29) is 30.4 Å². The molecule has 0 aliphatic heterocycles. The molecule has 124 valence electrons. The van der Waals surface area contributed by atoms with Crippen LogP contribution in [0.5, 0.6) is 11.8 Å². The van der Waals surface area contributed by atoms with E-state index >= 15 is 0 Å². The third-order valence-corrected chi connectivity index (χ3v) is 3.16. The van der Waals surface area contributed by atoms with Crippen molar-refractivity contribution in [3.63, 3.8) is 0 Å². The molecule has 8 nitrogen and oxygen atoms in total. The number of rotatable bonds is 7. The molecule has 0 unspecified atom stereocenters. The normalized spacial score (nSPS) is 12.0. The average molecular weight is 338 g/mol. The topological polar surface area (TPSA) is 106 Å². The van der Waals surface area contributed by atoms with Gasteiger partial charge in [-0.2, -0.15) is 4.98 Å². The quantitative estimate of drug-likeness (QED) is 0.792. The molecule has 2 aromatic rings. The molecule has 9 heteroatoms. The molecule has 2 aromatic heterocycles. The molecule has 0 aliphatic carbocycles. The summed E-state index contributed by atoms with van der Waals surface area (Å²) in [6.07, 6.45) is -0.553. The lowest BCUT2D eigenvalue weighted by Crippen LogP contribution is -2.19. The van der Waals surface area contributed by atoms with Crippen molar-refractivity contribution in [1.29, 1.82) is 0 Å². The predicted molar refractivity (Wildman–Crippen MR) is 85.0 cm³/mol. The van der Waals surface area contributed by atoms with Crippen molar-refractivity contribution >= 4 is 22.4 Å². The van der Waals surface area contributed by atoms with Crippen LogP contribution in [0.2, 0.25) is 0 Å². The Kier molecular flexibility index (Phi) is 5.83. The van der Waals surface area contributed by atoms with E-state index in [1.165, 1.54) is 29.0 Å². The van der Waals surface area contributed by atoms with Gasteiger partial charge in [0.2, 0.25) is 16.9 Å². The number of aliphatic hydroxyl groups excluding tert-OH is 1. The molecule has 0 spiro atoms. The molecule has 2 heterocycles.